The van der Waals surface area contributed by atoms with E-state index in [1.54, 1.807) is 0 Å². The largest absolute Gasteiger partial charge is 0.494 e. The Morgan fingerprint density at radius 2 is 1.86 bits per heavy atom. The Morgan fingerprint density at radius 1 is 1.29 bits per heavy atom. The predicted molar refractivity (Wildman–Crippen MR) is 87.8 cm³/mol. The van der Waals surface area contributed by atoms with Crippen molar-refractivity contribution in [1.29, 1.82) is 0 Å². The topological polar surface area (TPSA) is 41.6 Å². The number of nitrogens with one attached hydrogen (secondary N) is 1. The standard InChI is InChI=1S/C17H28N2O2/c1-7-21-15-10-8-14(9-11-15)18-16(20)12-19(6)13(2)17(3,4)5/h8-11,13H,7,12H2,1-6H3,(H,18,20). The first-order valence-electron chi connectivity index (χ1n) is 7.47. The van der Waals surface area contributed by atoms with Crippen LogP contribution in [0.3, 0.4) is 0 Å². The number of ether oxygens (including phenoxy) is 1. The highest BCUT2D eigenvalue weighted by molar-refractivity contribution is 5.92. The van der Waals surface area contributed by atoms with E-state index in [9.17, 15) is 4.79 Å². The molecule has 4 heteroatoms. The summed E-state index contributed by atoms with van der Waals surface area (Å²) in [5.41, 5.74) is 0.939. The van der Waals surface area contributed by atoms with Crippen LogP contribution in [0.2, 0.25) is 0 Å². The van der Waals surface area contributed by atoms with Crippen molar-refractivity contribution >= 4 is 11.6 Å². The molecule has 0 heterocycles. The van der Waals surface area contributed by atoms with E-state index in [1.807, 2.05) is 38.2 Å². The Labute approximate surface area is 128 Å². The van der Waals surface area contributed by atoms with Crippen molar-refractivity contribution in [2.75, 3.05) is 25.5 Å². The third kappa shape index (κ3) is 5.76. The summed E-state index contributed by atoms with van der Waals surface area (Å²) in [5, 5.41) is 2.91. The maximum absolute atomic E-state index is 12.1. The van der Waals surface area contributed by atoms with Gasteiger partial charge in [0.2, 0.25) is 5.91 Å². The van der Waals surface area contributed by atoms with Crippen LogP contribution in [0.1, 0.15) is 34.6 Å². The molecule has 1 amide bonds. The zero-order valence-corrected chi connectivity index (χ0v) is 14.1. The molecule has 0 spiro atoms. The van der Waals surface area contributed by atoms with Crippen molar-refractivity contribution in [2.45, 2.75) is 40.7 Å². The van der Waals surface area contributed by atoms with Gasteiger partial charge >= 0.3 is 0 Å². The predicted octanol–water partition coefficient (Wildman–Crippen LogP) is 3.39. The summed E-state index contributed by atoms with van der Waals surface area (Å²) in [6, 6.07) is 7.76. The fraction of sp³-hybridized carbons (Fsp3) is 0.588. The van der Waals surface area contributed by atoms with Crippen LogP contribution in [-0.4, -0.2) is 37.0 Å². The summed E-state index contributed by atoms with van der Waals surface area (Å²) in [6.45, 7) is 11.6. The van der Waals surface area contributed by atoms with E-state index in [2.05, 4.69) is 37.9 Å². The van der Waals surface area contributed by atoms with Gasteiger partial charge in [-0.25, -0.2) is 0 Å². The summed E-state index contributed by atoms with van der Waals surface area (Å²) in [5.74, 6) is 0.812. The first-order valence-corrected chi connectivity index (χ1v) is 7.47. The molecule has 0 aliphatic carbocycles. The monoisotopic (exact) mass is 292 g/mol. The third-order valence-electron chi connectivity index (χ3n) is 3.76. The van der Waals surface area contributed by atoms with Crippen molar-refractivity contribution in [3.63, 3.8) is 0 Å². The fourth-order valence-corrected chi connectivity index (χ4v) is 2.03. The van der Waals surface area contributed by atoms with E-state index >= 15 is 0 Å². The van der Waals surface area contributed by atoms with Gasteiger partial charge in [0.15, 0.2) is 0 Å². The molecular formula is C17H28N2O2. The average molecular weight is 292 g/mol. The number of rotatable bonds is 6. The lowest BCUT2D eigenvalue weighted by Crippen LogP contribution is -2.43. The lowest BCUT2D eigenvalue weighted by Gasteiger charge is -2.34. The SMILES string of the molecule is CCOc1ccc(NC(=O)CN(C)C(C)C(C)(C)C)cc1. The molecule has 1 N–H and O–H groups in total. The van der Waals surface area contributed by atoms with Crippen LogP contribution in [0.25, 0.3) is 0 Å². The molecule has 4 nitrogen and oxygen atoms in total. The minimum Gasteiger partial charge on any atom is -0.494 e. The van der Waals surface area contributed by atoms with Crippen LogP contribution < -0.4 is 10.1 Å². The summed E-state index contributed by atoms with van der Waals surface area (Å²) < 4.78 is 5.38. The molecule has 0 saturated heterocycles. The quantitative estimate of drug-likeness (QED) is 0.874. The van der Waals surface area contributed by atoms with E-state index < -0.39 is 0 Å². The fourth-order valence-electron chi connectivity index (χ4n) is 2.03. The minimum atomic E-state index is -0.00207. The second kappa shape index (κ2) is 7.46. The van der Waals surface area contributed by atoms with Crippen LogP contribution >= 0.6 is 0 Å². The van der Waals surface area contributed by atoms with E-state index in [0.717, 1.165) is 11.4 Å². The Kier molecular flexibility index (Phi) is 6.21. The second-order valence-electron chi connectivity index (χ2n) is 6.46. The van der Waals surface area contributed by atoms with Gasteiger partial charge in [0.05, 0.1) is 13.2 Å². The third-order valence-corrected chi connectivity index (χ3v) is 3.76. The van der Waals surface area contributed by atoms with E-state index in [4.69, 9.17) is 4.74 Å². The molecule has 0 saturated carbocycles. The van der Waals surface area contributed by atoms with Gasteiger partial charge in [0, 0.05) is 11.7 Å². The Hall–Kier alpha value is -1.55. The van der Waals surface area contributed by atoms with Crippen molar-refractivity contribution < 1.29 is 9.53 Å². The molecule has 0 bridgehead atoms. The van der Waals surface area contributed by atoms with E-state index in [1.165, 1.54) is 0 Å². The molecule has 118 valence electrons. The maximum Gasteiger partial charge on any atom is 0.238 e. The summed E-state index contributed by atoms with van der Waals surface area (Å²) in [7, 11) is 1.98. The van der Waals surface area contributed by atoms with Crippen LogP contribution in [-0.2, 0) is 4.79 Å². The van der Waals surface area contributed by atoms with Crippen LogP contribution in [0.5, 0.6) is 5.75 Å². The lowest BCUT2D eigenvalue weighted by atomic mass is 9.87. The molecule has 0 aromatic heterocycles. The van der Waals surface area contributed by atoms with Gasteiger partial charge in [-0.2, -0.15) is 0 Å². The summed E-state index contributed by atoms with van der Waals surface area (Å²) in [4.78, 5) is 14.2. The summed E-state index contributed by atoms with van der Waals surface area (Å²) >= 11 is 0. The molecule has 21 heavy (non-hydrogen) atoms. The Balaban J connectivity index is 2.53. The van der Waals surface area contributed by atoms with Crippen molar-refractivity contribution in [2.24, 2.45) is 5.41 Å². The molecule has 1 aromatic rings. The van der Waals surface area contributed by atoms with Gasteiger partial charge in [-0.3, -0.25) is 9.69 Å². The highest BCUT2D eigenvalue weighted by Crippen LogP contribution is 2.23. The molecule has 1 unspecified atom stereocenters. The number of anilines is 1. The van der Waals surface area contributed by atoms with E-state index in [-0.39, 0.29) is 11.3 Å². The zero-order valence-electron chi connectivity index (χ0n) is 14.1. The normalized spacial score (nSPS) is 13.1. The molecule has 1 atom stereocenters. The van der Waals surface area contributed by atoms with E-state index in [0.29, 0.717) is 19.2 Å². The van der Waals surface area contributed by atoms with Crippen LogP contribution in [0.4, 0.5) is 5.69 Å². The first kappa shape index (κ1) is 17.5. The van der Waals surface area contributed by atoms with Crippen LogP contribution in [0, 0.1) is 5.41 Å². The number of likely N-dealkylation sites (N-methyl/N-ethyl adjacent to an activating group) is 1. The molecule has 1 aromatic carbocycles. The van der Waals surface area contributed by atoms with Crippen LogP contribution in [0.15, 0.2) is 24.3 Å². The number of hydrogen-bond acceptors (Lipinski definition) is 3. The Bertz CT molecular complexity index is 449. The smallest absolute Gasteiger partial charge is 0.238 e. The molecule has 1 rings (SSSR count). The van der Waals surface area contributed by atoms with Gasteiger partial charge < -0.3 is 10.1 Å². The molecule has 0 aliphatic heterocycles. The number of hydrogen-bond donors (Lipinski definition) is 1. The van der Waals surface area contributed by atoms with Crippen molar-refractivity contribution in [1.82, 2.24) is 4.90 Å². The molecule has 0 radical (unpaired) electrons. The van der Waals surface area contributed by atoms with Crippen molar-refractivity contribution in [3.05, 3.63) is 24.3 Å². The highest BCUT2D eigenvalue weighted by atomic mass is 16.5. The number of benzene rings is 1. The lowest BCUT2D eigenvalue weighted by molar-refractivity contribution is -0.117. The van der Waals surface area contributed by atoms with Gasteiger partial charge in [-0.15, -0.1) is 0 Å². The molecule has 0 fully saturated rings. The zero-order chi connectivity index (χ0) is 16.0. The van der Waals surface area contributed by atoms with Crippen molar-refractivity contribution in [3.8, 4) is 5.75 Å². The van der Waals surface area contributed by atoms with Gasteiger partial charge in [0.1, 0.15) is 5.75 Å². The van der Waals surface area contributed by atoms with Gasteiger partial charge in [-0.1, -0.05) is 20.8 Å². The van der Waals surface area contributed by atoms with Gasteiger partial charge in [0.25, 0.3) is 0 Å². The average Bonchev–Trinajstić information content (AvgIpc) is 2.39. The Morgan fingerprint density at radius 3 is 2.33 bits per heavy atom. The van der Waals surface area contributed by atoms with Gasteiger partial charge in [-0.05, 0) is 50.6 Å². The minimum absolute atomic E-state index is 0.00207. The number of amides is 1. The maximum atomic E-state index is 12.1. The first-order chi connectivity index (χ1) is 9.74. The number of carbonyl (C=O) groups excluding carboxylic acids is 1. The second-order valence-corrected chi connectivity index (χ2v) is 6.46. The number of carbonyl (C=O) groups is 1. The summed E-state index contributed by atoms with van der Waals surface area (Å²) in [6.07, 6.45) is 0. The molecular weight excluding hydrogens is 264 g/mol. The number of nitrogens with zero attached hydrogens (tertiary/aromatic N) is 1. The highest BCUT2D eigenvalue weighted by Gasteiger charge is 2.24. The molecule has 0 aliphatic rings.